The number of benzene rings is 1. The van der Waals surface area contributed by atoms with E-state index in [-0.39, 0.29) is 24.5 Å². The van der Waals surface area contributed by atoms with Gasteiger partial charge < -0.3 is 20.1 Å². The van der Waals surface area contributed by atoms with E-state index in [4.69, 9.17) is 9.84 Å². The second-order valence-electron chi connectivity index (χ2n) is 5.72. The fraction of sp³-hybridized carbons (Fsp3) is 0.357. The zero-order valence-electron chi connectivity index (χ0n) is 12.9. The van der Waals surface area contributed by atoms with Crippen LogP contribution in [0.4, 0.5) is 11.4 Å². The Morgan fingerprint density at radius 1 is 1.46 bits per heavy atom. The van der Waals surface area contributed by atoms with Crippen molar-refractivity contribution in [1.82, 2.24) is 5.32 Å². The summed E-state index contributed by atoms with van der Waals surface area (Å²) in [5.74, 6) is -2.51. The number of carbonyl (C=O) groups is 3. The number of esters is 1. The summed E-state index contributed by atoms with van der Waals surface area (Å²) in [6.07, 6.45) is 0. The number of hydrogen-bond donors (Lipinski definition) is 2. The second-order valence-corrected chi connectivity index (χ2v) is 5.72. The molecule has 0 aliphatic carbocycles. The van der Waals surface area contributed by atoms with Crippen molar-refractivity contribution in [3.05, 3.63) is 28.3 Å². The summed E-state index contributed by atoms with van der Waals surface area (Å²) < 4.78 is 4.96. The monoisotopic (exact) mass is 337 g/mol. The van der Waals surface area contributed by atoms with Crippen LogP contribution in [-0.2, 0) is 14.4 Å². The Balaban J connectivity index is 2.21. The van der Waals surface area contributed by atoms with E-state index in [2.05, 4.69) is 5.32 Å². The summed E-state index contributed by atoms with van der Waals surface area (Å²) in [5.41, 5.74) is -1.38. The topological polar surface area (TPSA) is 139 Å². The predicted molar refractivity (Wildman–Crippen MR) is 80.8 cm³/mol. The molecule has 10 nitrogen and oxygen atoms in total. The molecule has 0 saturated carbocycles. The number of nitro groups is 1. The molecule has 128 valence electrons. The normalized spacial score (nSPS) is 13.8. The Morgan fingerprint density at radius 2 is 2.12 bits per heavy atom. The molecular formula is C14H15N3O7. The number of nitrogens with one attached hydrogen (secondary N) is 1. The third-order valence-electron chi connectivity index (χ3n) is 3.36. The molecule has 1 aliphatic rings. The van der Waals surface area contributed by atoms with Gasteiger partial charge in [-0.25, -0.2) is 9.59 Å². The summed E-state index contributed by atoms with van der Waals surface area (Å²) in [6.45, 7) is 2.13. The van der Waals surface area contributed by atoms with Crippen molar-refractivity contribution in [2.75, 3.05) is 18.0 Å². The second kappa shape index (κ2) is 6.14. The lowest BCUT2D eigenvalue weighted by molar-refractivity contribution is -0.384. The molecule has 1 aromatic rings. The smallest absolute Gasteiger partial charge is 0.331 e. The molecular weight excluding hydrogens is 322 g/mol. The Hall–Kier alpha value is -3.17. The molecule has 0 spiro atoms. The number of fused-ring (bicyclic) bond motifs is 1. The first-order valence-electron chi connectivity index (χ1n) is 6.88. The quantitative estimate of drug-likeness (QED) is 0.338. The highest BCUT2D eigenvalue weighted by Crippen LogP contribution is 2.34. The molecule has 2 N–H and O–H groups in total. The minimum absolute atomic E-state index is 0.0225. The number of ether oxygens (including phenoxy) is 1. The van der Waals surface area contributed by atoms with E-state index in [9.17, 15) is 24.5 Å². The van der Waals surface area contributed by atoms with Gasteiger partial charge in [-0.3, -0.25) is 14.9 Å². The van der Waals surface area contributed by atoms with Gasteiger partial charge in [-0.2, -0.15) is 0 Å². The number of nitrogens with zero attached hydrogens (tertiary/aromatic N) is 2. The lowest BCUT2D eigenvalue weighted by Crippen LogP contribution is -2.53. The third-order valence-corrected chi connectivity index (χ3v) is 3.36. The summed E-state index contributed by atoms with van der Waals surface area (Å²) in [4.78, 5) is 46.2. The van der Waals surface area contributed by atoms with Gasteiger partial charge in [0, 0.05) is 6.07 Å². The predicted octanol–water partition coefficient (Wildman–Crippen LogP) is 0.300. The van der Waals surface area contributed by atoms with E-state index in [1.807, 2.05) is 0 Å². The van der Waals surface area contributed by atoms with Crippen LogP contribution in [0.5, 0.6) is 5.75 Å². The van der Waals surface area contributed by atoms with Gasteiger partial charge in [0.2, 0.25) is 5.91 Å². The summed E-state index contributed by atoms with van der Waals surface area (Å²) in [6, 6.07) is 3.69. The van der Waals surface area contributed by atoms with Gasteiger partial charge in [0.1, 0.15) is 12.1 Å². The molecule has 0 bridgehead atoms. The first-order chi connectivity index (χ1) is 11.1. The van der Waals surface area contributed by atoms with Crippen molar-refractivity contribution in [2.24, 2.45) is 0 Å². The van der Waals surface area contributed by atoms with Gasteiger partial charge >= 0.3 is 11.9 Å². The Kier molecular flexibility index (Phi) is 4.40. The number of amides is 1. The number of aliphatic carboxylic acids is 1. The highest BCUT2D eigenvalue weighted by molar-refractivity contribution is 5.92. The summed E-state index contributed by atoms with van der Waals surface area (Å²) in [5, 5.41) is 22.1. The highest BCUT2D eigenvalue weighted by Gasteiger charge is 2.32. The van der Waals surface area contributed by atoms with Crippen LogP contribution in [0, 0.1) is 10.1 Å². The fourth-order valence-electron chi connectivity index (χ4n) is 2.11. The summed E-state index contributed by atoms with van der Waals surface area (Å²) >= 11 is 0. The zero-order chi connectivity index (χ0) is 18.1. The maximum Gasteiger partial charge on any atom is 0.331 e. The molecule has 0 unspecified atom stereocenters. The van der Waals surface area contributed by atoms with Gasteiger partial charge in [0.25, 0.3) is 5.69 Å². The van der Waals surface area contributed by atoms with Crippen molar-refractivity contribution >= 4 is 29.2 Å². The first kappa shape index (κ1) is 17.2. The fourth-order valence-corrected chi connectivity index (χ4v) is 2.11. The molecule has 0 atom stereocenters. The van der Waals surface area contributed by atoms with Crippen LogP contribution in [0.3, 0.4) is 0 Å². The lowest BCUT2D eigenvalue weighted by atomic mass is 10.1. The van der Waals surface area contributed by atoms with Gasteiger partial charge in [-0.1, -0.05) is 0 Å². The van der Waals surface area contributed by atoms with Crippen molar-refractivity contribution in [2.45, 2.75) is 19.4 Å². The number of carboxylic acids is 1. The van der Waals surface area contributed by atoms with Crippen molar-refractivity contribution in [1.29, 1.82) is 0 Å². The van der Waals surface area contributed by atoms with Crippen LogP contribution in [0.2, 0.25) is 0 Å². The number of carbonyl (C=O) groups excluding carboxylic acids is 2. The largest absolute Gasteiger partial charge is 0.480 e. The van der Waals surface area contributed by atoms with E-state index >= 15 is 0 Å². The molecule has 24 heavy (non-hydrogen) atoms. The zero-order valence-corrected chi connectivity index (χ0v) is 12.9. The van der Waals surface area contributed by atoms with Crippen molar-refractivity contribution in [3.63, 3.8) is 0 Å². The maximum atomic E-state index is 12.0. The van der Waals surface area contributed by atoms with E-state index in [0.29, 0.717) is 5.69 Å². The third kappa shape index (κ3) is 3.59. The number of nitro benzene ring substituents is 1. The van der Waals surface area contributed by atoms with Crippen molar-refractivity contribution < 1.29 is 29.2 Å². The number of anilines is 1. The Labute approximate surface area is 136 Å². The maximum absolute atomic E-state index is 12.0. The van der Waals surface area contributed by atoms with Gasteiger partial charge in [0.05, 0.1) is 23.2 Å². The van der Waals surface area contributed by atoms with E-state index < -0.39 is 28.3 Å². The van der Waals surface area contributed by atoms with Gasteiger partial charge in [-0.15, -0.1) is 0 Å². The SMILES string of the molecule is CC(C)(NC(=O)CN1CC(=O)Oc2cc([N+](=O)[O-])ccc21)C(=O)O. The molecule has 0 aromatic heterocycles. The van der Waals surface area contributed by atoms with Crippen LogP contribution in [0.1, 0.15) is 13.8 Å². The van der Waals surface area contributed by atoms with Crippen molar-refractivity contribution in [3.8, 4) is 5.75 Å². The molecule has 0 saturated heterocycles. The number of hydrogen-bond acceptors (Lipinski definition) is 7. The average molecular weight is 337 g/mol. The molecule has 10 heteroatoms. The molecule has 0 fully saturated rings. The molecule has 2 rings (SSSR count). The van der Waals surface area contributed by atoms with Crippen LogP contribution in [-0.4, -0.2) is 46.5 Å². The minimum Gasteiger partial charge on any atom is -0.480 e. The van der Waals surface area contributed by atoms with Crippen LogP contribution in [0.25, 0.3) is 0 Å². The molecule has 0 radical (unpaired) electrons. The number of rotatable bonds is 5. The molecule has 1 aliphatic heterocycles. The standard InChI is InChI=1S/C14H15N3O7/c1-14(2,13(20)21)15-11(18)6-16-7-12(19)24-10-5-8(17(22)23)3-4-9(10)16/h3-5H,6-7H2,1-2H3,(H,15,18)(H,20,21). The van der Waals surface area contributed by atoms with E-state index in [1.165, 1.54) is 30.9 Å². The molecule has 1 aromatic carbocycles. The average Bonchev–Trinajstić information content (AvgIpc) is 2.45. The van der Waals surface area contributed by atoms with Crippen LogP contribution >= 0.6 is 0 Å². The van der Waals surface area contributed by atoms with E-state index in [1.54, 1.807) is 0 Å². The Bertz CT molecular complexity index is 729. The summed E-state index contributed by atoms with van der Waals surface area (Å²) in [7, 11) is 0. The highest BCUT2D eigenvalue weighted by atomic mass is 16.6. The lowest BCUT2D eigenvalue weighted by Gasteiger charge is -2.30. The van der Waals surface area contributed by atoms with Gasteiger partial charge in [0.15, 0.2) is 5.75 Å². The first-order valence-corrected chi connectivity index (χ1v) is 6.88. The van der Waals surface area contributed by atoms with Gasteiger partial charge in [-0.05, 0) is 19.9 Å². The number of carboxylic acid groups (broad SMARTS) is 1. The number of non-ortho nitro benzene ring substituents is 1. The van der Waals surface area contributed by atoms with Crippen LogP contribution in [0.15, 0.2) is 18.2 Å². The minimum atomic E-state index is -1.47. The molecule has 1 heterocycles. The molecule has 1 amide bonds. The van der Waals surface area contributed by atoms with E-state index in [0.717, 1.165) is 6.07 Å². The Morgan fingerprint density at radius 3 is 2.71 bits per heavy atom. The van der Waals surface area contributed by atoms with Crippen LogP contribution < -0.4 is 15.0 Å².